The van der Waals surface area contributed by atoms with E-state index in [1.54, 1.807) is 19.1 Å². The molecule has 0 fully saturated rings. The minimum atomic E-state index is -0.475. The smallest absolute Gasteiger partial charge is 0.207 e. The number of nitrogens with zero attached hydrogens (tertiary/aromatic N) is 4. The van der Waals surface area contributed by atoms with Gasteiger partial charge in [-0.1, -0.05) is 0 Å². The number of nitriles is 2. The summed E-state index contributed by atoms with van der Waals surface area (Å²) in [4.78, 5) is 5.79. The van der Waals surface area contributed by atoms with Gasteiger partial charge in [-0.2, -0.15) is 15.5 Å². The second-order valence-corrected chi connectivity index (χ2v) is 5.56. The third-order valence-electron chi connectivity index (χ3n) is 3.45. The van der Waals surface area contributed by atoms with Crippen molar-refractivity contribution in [3.8, 4) is 18.0 Å². The van der Waals surface area contributed by atoms with Gasteiger partial charge in [-0.05, 0) is 52.0 Å². The molecule has 2 rings (SSSR count). The Morgan fingerprint density at radius 1 is 1.36 bits per heavy atom. The van der Waals surface area contributed by atoms with E-state index in [0.717, 1.165) is 17.0 Å². The molecule has 0 aromatic heterocycles. The summed E-state index contributed by atoms with van der Waals surface area (Å²) in [5.41, 5.74) is 1.84. The first-order chi connectivity index (χ1) is 10.4. The number of hydrogen-bond donors (Lipinski definition) is 0. The van der Waals surface area contributed by atoms with Crippen molar-refractivity contribution >= 4 is 11.5 Å². The number of aliphatic imine (C=N–C) groups is 1. The molecule has 0 aliphatic carbocycles. The molecule has 0 atom stereocenters. The van der Waals surface area contributed by atoms with Crippen LogP contribution in [0.1, 0.15) is 38.8 Å². The predicted octanol–water partition coefficient (Wildman–Crippen LogP) is 3.29. The molecule has 0 radical (unpaired) electrons. The maximum atomic E-state index is 9.13. The van der Waals surface area contributed by atoms with Gasteiger partial charge in [-0.3, -0.25) is 0 Å². The molecule has 0 bridgehead atoms. The molecule has 5 heteroatoms. The van der Waals surface area contributed by atoms with Gasteiger partial charge in [0.15, 0.2) is 0 Å². The van der Waals surface area contributed by atoms with E-state index in [9.17, 15) is 0 Å². The molecule has 112 valence electrons. The predicted molar refractivity (Wildman–Crippen MR) is 84.9 cm³/mol. The highest BCUT2D eigenvalue weighted by Gasteiger charge is 2.29. The SMILES string of the molecule is CCN(C1=CC(C)(C)Oc2ccc(C#N)cc21)C(C)=NC#N. The maximum Gasteiger partial charge on any atom is 0.207 e. The molecule has 0 spiro atoms. The molecule has 0 saturated carbocycles. The van der Waals surface area contributed by atoms with E-state index in [2.05, 4.69) is 11.1 Å². The number of hydrogen-bond acceptors (Lipinski definition) is 4. The number of ether oxygens (including phenoxy) is 1. The Morgan fingerprint density at radius 3 is 2.68 bits per heavy atom. The van der Waals surface area contributed by atoms with Crippen LogP contribution in [0.25, 0.3) is 5.70 Å². The fourth-order valence-corrected chi connectivity index (χ4v) is 2.54. The van der Waals surface area contributed by atoms with Crippen molar-refractivity contribution in [2.45, 2.75) is 33.3 Å². The van der Waals surface area contributed by atoms with Crippen LogP contribution >= 0.6 is 0 Å². The highest BCUT2D eigenvalue weighted by atomic mass is 16.5. The van der Waals surface area contributed by atoms with Crippen LogP contribution in [0.5, 0.6) is 5.75 Å². The lowest BCUT2D eigenvalue weighted by atomic mass is 9.97. The zero-order valence-corrected chi connectivity index (χ0v) is 13.2. The van der Waals surface area contributed by atoms with Crippen molar-refractivity contribution in [3.05, 3.63) is 35.4 Å². The van der Waals surface area contributed by atoms with Gasteiger partial charge in [0.2, 0.25) is 6.19 Å². The molecule has 1 aliphatic rings. The lowest BCUT2D eigenvalue weighted by Crippen LogP contribution is -2.35. The molecule has 0 amide bonds. The van der Waals surface area contributed by atoms with Gasteiger partial charge >= 0.3 is 0 Å². The fourth-order valence-electron chi connectivity index (χ4n) is 2.54. The quantitative estimate of drug-likeness (QED) is 0.476. The van der Waals surface area contributed by atoms with Gasteiger partial charge < -0.3 is 9.64 Å². The van der Waals surface area contributed by atoms with Crippen LogP contribution in [0.4, 0.5) is 0 Å². The summed E-state index contributed by atoms with van der Waals surface area (Å²) in [6, 6.07) is 7.50. The highest BCUT2D eigenvalue weighted by Crippen LogP contribution is 2.38. The average Bonchev–Trinajstić information content (AvgIpc) is 2.47. The summed E-state index contributed by atoms with van der Waals surface area (Å²) < 4.78 is 5.97. The van der Waals surface area contributed by atoms with E-state index in [1.807, 2.05) is 44.0 Å². The van der Waals surface area contributed by atoms with Crippen LogP contribution in [0.3, 0.4) is 0 Å². The number of fused-ring (bicyclic) bond motifs is 1. The van der Waals surface area contributed by atoms with Gasteiger partial charge in [-0.15, -0.1) is 0 Å². The summed E-state index contributed by atoms with van der Waals surface area (Å²) in [5, 5.41) is 17.9. The van der Waals surface area contributed by atoms with Crippen LogP contribution < -0.4 is 4.74 Å². The van der Waals surface area contributed by atoms with Crippen LogP contribution in [-0.2, 0) is 0 Å². The molecule has 0 unspecified atom stereocenters. The summed E-state index contributed by atoms with van der Waals surface area (Å²) in [6.07, 6.45) is 3.82. The molecule has 1 aromatic rings. The summed E-state index contributed by atoms with van der Waals surface area (Å²) in [6.45, 7) is 8.39. The van der Waals surface area contributed by atoms with E-state index in [1.165, 1.54) is 0 Å². The average molecular weight is 294 g/mol. The van der Waals surface area contributed by atoms with Gasteiger partial charge in [0.05, 0.1) is 17.3 Å². The minimum Gasteiger partial charge on any atom is -0.483 e. The molecular formula is C17H18N4O. The van der Waals surface area contributed by atoms with Crippen molar-refractivity contribution in [3.63, 3.8) is 0 Å². The fraction of sp³-hybridized carbons (Fsp3) is 0.353. The van der Waals surface area contributed by atoms with Crippen molar-refractivity contribution in [1.29, 1.82) is 10.5 Å². The van der Waals surface area contributed by atoms with Crippen LogP contribution in [0.2, 0.25) is 0 Å². The largest absolute Gasteiger partial charge is 0.483 e. The second kappa shape index (κ2) is 5.91. The van der Waals surface area contributed by atoms with E-state index >= 15 is 0 Å². The zero-order valence-electron chi connectivity index (χ0n) is 13.2. The highest BCUT2D eigenvalue weighted by molar-refractivity contribution is 5.91. The Hall–Kier alpha value is -2.79. The normalized spacial score (nSPS) is 15.7. The molecule has 1 heterocycles. The molecule has 0 saturated heterocycles. The first kappa shape index (κ1) is 15.6. The Bertz CT molecular complexity index is 732. The number of amidine groups is 1. The first-order valence-corrected chi connectivity index (χ1v) is 7.09. The van der Waals surface area contributed by atoms with Crippen LogP contribution in [0.15, 0.2) is 29.3 Å². The van der Waals surface area contributed by atoms with Crippen molar-refractivity contribution < 1.29 is 4.74 Å². The Balaban J connectivity index is 2.63. The Kier molecular flexibility index (Phi) is 4.19. The summed E-state index contributed by atoms with van der Waals surface area (Å²) in [5.74, 6) is 1.34. The molecular weight excluding hydrogens is 276 g/mol. The Labute approximate surface area is 130 Å². The van der Waals surface area contributed by atoms with E-state index in [0.29, 0.717) is 17.9 Å². The second-order valence-electron chi connectivity index (χ2n) is 5.56. The first-order valence-electron chi connectivity index (χ1n) is 7.09. The van der Waals surface area contributed by atoms with Crippen molar-refractivity contribution in [1.82, 2.24) is 4.90 Å². The van der Waals surface area contributed by atoms with E-state index in [-0.39, 0.29) is 0 Å². The van der Waals surface area contributed by atoms with E-state index < -0.39 is 5.60 Å². The lowest BCUT2D eigenvalue weighted by Gasteiger charge is -2.35. The topological polar surface area (TPSA) is 72.4 Å². The number of benzene rings is 1. The molecule has 22 heavy (non-hydrogen) atoms. The lowest BCUT2D eigenvalue weighted by molar-refractivity contribution is 0.156. The number of rotatable bonds is 2. The van der Waals surface area contributed by atoms with Crippen molar-refractivity contribution in [2.24, 2.45) is 4.99 Å². The third-order valence-corrected chi connectivity index (χ3v) is 3.45. The molecule has 5 nitrogen and oxygen atoms in total. The van der Waals surface area contributed by atoms with Crippen molar-refractivity contribution in [2.75, 3.05) is 6.54 Å². The van der Waals surface area contributed by atoms with Crippen LogP contribution in [0, 0.1) is 22.8 Å². The summed E-state index contributed by atoms with van der Waals surface area (Å²) in [7, 11) is 0. The van der Waals surface area contributed by atoms with Gasteiger partial charge in [-0.25, -0.2) is 0 Å². The molecule has 1 aliphatic heterocycles. The molecule has 0 N–H and O–H groups in total. The Morgan fingerprint density at radius 2 is 2.09 bits per heavy atom. The maximum absolute atomic E-state index is 9.13. The standard InChI is InChI=1S/C17H18N4O/c1-5-21(12(2)20-11-19)15-9-17(3,4)22-16-7-6-13(10-18)8-14(15)16/h6-9H,5H2,1-4H3. The summed E-state index contributed by atoms with van der Waals surface area (Å²) >= 11 is 0. The van der Waals surface area contributed by atoms with E-state index in [4.69, 9.17) is 15.3 Å². The van der Waals surface area contributed by atoms with Gasteiger partial charge in [0.25, 0.3) is 0 Å². The van der Waals surface area contributed by atoms with Gasteiger partial charge in [0.1, 0.15) is 17.2 Å². The zero-order chi connectivity index (χ0) is 16.3. The third kappa shape index (κ3) is 2.94. The van der Waals surface area contributed by atoms with Gasteiger partial charge in [0, 0.05) is 12.1 Å². The molecule has 1 aromatic carbocycles. The minimum absolute atomic E-state index is 0.475. The monoisotopic (exact) mass is 294 g/mol. The van der Waals surface area contributed by atoms with Crippen LogP contribution in [-0.4, -0.2) is 22.9 Å².